The van der Waals surface area contributed by atoms with Crippen molar-refractivity contribution in [3.8, 4) is 0 Å². The van der Waals surface area contributed by atoms with E-state index in [1.807, 2.05) is 25.2 Å². The SMILES string of the molecule is CC(C)CN(C)CC(=O)NCC(C)c1ccccc1. The van der Waals surface area contributed by atoms with Crippen LogP contribution < -0.4 is 5.32 Å². The molecule has 0 radical (unpaired) electrons. The van der Waals surface area contributed by atoms with E-state index in [-0.39, 0.29) is 5.91 Å². The van der Waals surface area contributed by atoms with Crippen molar-refractivity contribution < 1.29 is 4.79 Å². The number of likely N-dealkylation sites (N-methyl/N-ethyl adjacent to an activating group) is 1. The molecule has 0 fully saturated rings. The van der Waals surface area contributed by atoms with Gasteiger partial charge < -0.3 is 5.32 Å². The Morgan fingerprint density at radius 1 is 1.21 bits per heavy atom. The third-order valence-corrected chi connectivity index (χ3v) is 3.06. The van der Waals surface area contributed by atoms with Gasteiger partial charge in [0.25, 0.3) is 0 Å². The molecule has 1 rings (SSSR count). The first-order chi connectivity index (χ1) is 8.99. The molecule has 1 unspecified atom stereocenters. The summed E-state index contributed by atoms with van der Waals surface area (Å²) in [5.74, 6) is 1.03. The molecule has 0 aromatic heterocycles. The fourth-order valence-electron chi connectivity index (χ4n) is 2.16. The molecule has 1 atom stereocenters. The number of nitrogens with one attached hydrogen (secondary N) is 1. The number of nitrogens with zero attached hydrogens (tertiary/aromatic N) is 1. The molecule has 0 heterocycles. The van der Waals surface area contributed by atoms with Gasteiger partial charge in [0.05, 0.1) is 6.54 Å². The molecule has 3 heteroatoms. The smallest absolute Gasteiger partial charge is 0.234 e. The number of hydrogen-bond donors (Lipinski definition) is 1. The van der Waals surface area contributed by atoms with E-state index in [1.165, 1.54) is 5.56 Å². The van der Waals surface area contributed by atoms with Crippen LogP contribution in [0.4, 0.5) is 0 Å². The fourth-order valence-corrected chi connectivity index (χ4v) is 2.16. The number of hydrogen-bond acceptors (Lipinski definition) is 2. The molecule has 0 spiro atoms. The Labute approximate surface area is 117 Å². The van der Waals surface area contributed by atoms with Crippen LogP contribution in [-0.2, 0) is 4.79 Å². The molecule has 1 N–H and O–H groups in total. The van der Waals surface area contributed by atoms with E-state index in [2.05, 4.69) is 43.1 Å². The lowest BCUT2D eigenvalue weighted by atomic mass is 10.0. The number of carbonyl (C=O) groups is 1. The minimum absolute atomic E-state index is 0.103. The topological polar surface area (TPSA) is 32.3 Å². The highest BCUT2D eigenvalue weighted by molar-refractivity contribution is 5.78. The molecule has 106 valence electrons. The third kappa shape index (κ3) is 6.39. The van der Waals surface area contributed by atoms with E-state index >= 15 is 0 Å². The van der Waals surface area contributed by atoms with Crippen LogP contribution >= 0.6 is 0 Å². The van der Waals surface area contributed by atoms with E-state index in [4.69, 9.17) is 0 Å². The van der Waals surface area contributed by atoms with Crippen molar-refractivity contribution in [2.45, 2.75) is 26.7 Å². The maximum absolute atomic E-state index is 11.8. The van der Waals surface area contributed by atoms with Crippen LogP contribution in [0.1, 0.15) is 32.3 Å². The highest BCUT2D eigenvalue weighted by Gasteiger charge is 2.10. The molecule has 0 saturated carbocycles. The molecule has 3 nitrogen and oxygen atoms in total. The number of carbonyl (C=O) groups excluding carboxylic acids is 1. The first-order valence-electron chi connectivity index (χ1n) is 6.99. The van der Waals surface area contributed by atoms with E-state index in [0.717, 1.165) is 6.54 Å². The summed E-state index contributed by atoms with van der Waals surface area (Å²) in [7, 11) is 1.99. The average Bonchev–Trinajstić information content (AvgIpc) is 2.36. The molecular formula is C16H26N2O. The summed E-state index contributed by atoms with van der Waals surface area (Å²) in [5, 5.41) is 3.00. The van der Waals surface area contributed by atoms with Gasteiger partial charge >= 0.3 is 0 Å². The van der Waals surface area contributed by atoms with Gasteiger partial charge in [0, 0.05) is 13.1 Å². The zero-order chi connectivity index (χ0) is 14.3. The van der Waals surface area contributed by atoms with Crippen LogP contribution in [0.2, 0.25) is 0 Å². The Morgan fingerprint density at radius 3 is 2.42 bits per heavy atom. The monoisotopic (exact) mass is 262 g/mol. The quantitative estimate of drug-likeness (QED) is 0.819. The number of benzene rings is 1. The second-order valence-corrected chi connectivity index (χ2v) is 5.71. The van der Waals surface area contributed by atoms with Crippen LogP contribution in [0.15, 0.2) is 30.3 Å². The van der Waals surface area contributed by atoms with E-state index in [9.17, 15) is 4.79 Å². The highest BCUT2D eigenvalue weighted by Crippen LogP contribution is 2.12. The first-order valence-corrected chi connectivity index (χ1v) is 6.99. The zero-order valence-electron chi connectivity index (χ0n) is 12.5. The van der Waals surface area contributed by atoms with Gasteiger partial charge in [-0.05, 0) is 24.4 Å². The number of rotatable bonds is 7. The maximum atomic E-state index is 11.8. The first kappa shape index (κ1) is 15.7. The van der Waals surface area contributed by atoms with Crippen molar-refractivity contribution in [1.29, 1.82) is 0 Å². The van der Waals surface area contributed by atoms with Crippen molar-refractivity contribution in [3.63, 3.8) is 0 Å². The van der Waals surface area contributed by atoms with E-state index in [1.54, 1.807) is 0 Å². The van der Waals surface area contributed by atoms with Crippen LogP contribution in [0.5, 0.6) is 0 Å². The molecule has 0 saturated heterocycles. The molecule has 0 bridgehead atoms. The van der Waals surface area contributed by atoms with Gasteiger partial charge in [-0.1, -0.05) is 51.1 Å². The maximum Gasteiger partial charge on any atom is 0.234 e. The molecule has 1 aromatic carbocycles. The van der Waals surface area contributed by atoms with Crippen molar-refractivity contribution in [3.05, 3.63) is 35.9 Å². The Balaban J connectivity index is 2.30. The third-order valence-electron chi connectivity index (χ3n) is 3.06. The van der Waals surface area contributed by atoms with Crippen LogP contribution in [0, 0.1) is 5.92 Å². The van der Waals surface area contributed by atoms with Crippen LogP contribution in [-0.4, -0.2) is 37.5 Å². The van der Waals surface area contributed by atoms with Crippen molar-refractivity contribution in [2.24, 2.45) is 5.92 Å². The largest absolute Gasteiger partial charge is 0.354 e. The normalized spacial score (nSPS) is 12.7. The molecule has 19 heavy (non-hydrogen) atoms. The summed E-state index contributed by atoms with van der Waals surface area (Å²) in [6.07, 6.45) is 0. The predicted molar refractivity (Wildman–Crippen MR) is 80.2 cm³/mol. The summed E-state index contributed by atoms with van der Waals surface area (Å²) < 4.78 is 0. The number of amides is 1. The van der Waals surface area contributed by atoms with Gasteiger partial charge in [-0.3, -0.25) is 9.69 Å². The Hall–Kier alpha value is -1.35. The molecule has 1 aromatic rings. The second kappa shape index (κ2) is 7.95. The average molecular weight is 262 g/mol. The molecular weight excluding hydrogens is 236 g/mol. The molecule has 0 aliphatic carbocycles. The van der Waals surface area contributed by atoms with E-state index in [0.29, 0.717) is 24.9 Å². The summed E-state index contributed by atoms with van der Waals surface area (Å²) in [4.78, 5) is 13.9. The molecule has 0 aliphatic rings. The summed E-state index contributed by atoms with van der Waals surface area (Å²) in [5.41, 5.74) is 1.26. The molecule has 0 aliphatic heterocycles. The summed E-state index contributed by atoms with van der Waals surface area (Å²) >= 11 is 0. The van der Waals surface area contributed by atoms with Gasteiger partial charge in [0.1, 0.15) is 0 Å². The van der Waals surface area contributed by atoms with Crippen molar-refractivity contribution in [1.82, 2.24) is 10.2 Å². The lowest BCUT2D eigenvalue weighted by molar-refractivity contribution is -0.122. The Morgan fingerprint density at radius 2 is 1.84 bits per heavy atom. The molecule has 1 amide bonds. The minimum Gasteiger partial charge on any atom is -0.354 e. The Kier molecular flexibility index (Phi) is 6.57. The van der Waals surface area contributed by atoms with Gasteiger partial charge in [0.15, 0.2) is 0 Å². The van der Waals surface area contributed by atoms with Crippen molar-refractivity contribution >= 4 is 5.91 Å². The van der Waals surface area contributed by atoms with Crippen LogP contribution in [0.3, 0.4) is 0 Å². The van der Waals surface area contributed by atoms with Gasteiger partial charge in [-0.15, -0.1) is 0 Å². The summed E-state index contributed by atoms with van der Waals surface area (Å²) in [6.45, 7) is 8.56. The van der Waals surface area contributed by atoms with Gasteiger partial charge in [0.2, 0.25) is 5.91 Å². The lowest BCUT2D eigenvalue weighted by Gasteiger charge is -2.19. The predicted octanol–water partition coefficient (Wildman–Crippen LogP) is 2.49. The Bertz CT molecular complexity index is 376. The van der Waals surface area contributed by atoms with E-state index < -0.39 is 0 Å². The standard InChI is InChI=1S/C16H26N2O/c1-13(2)11-18(4)12-16(19)17-10-14(3)15-8-6-5-7-9-15/h5-9,13-14H,10-12H2,1-4H3,(H,17,19). The summed E-state index contributed by atoms with van der Waals surface area (Å²) in [6, 6.07) is 10.3. The second-order valence-electron chi connectivity index (χ2n) is 5.71. The highest BCUT2D eigenvalue weighted by atomic mass is 16.2. The van der Waals surface area contributed by atoms with Gasteiger partial charge in [-0.25, -0.2) is 0 Å². The zero-order valence-corrected chi connectivity index (χ0v) is 12.5. The lowest BCUT2D eigenvalue weighted by Crippen LogP contribution is -2.38. The van der Waals surface area contributed by atoms with Crippen molar-refractivity contribution in [2.75, 3.05) is 26.7 Å². The fraction of sp³-hybridized carbons (Fsp3) is 0.562. The minimum atomic E-state index is 0.103. The van der Waals surface area contributed by atoms with Gasteiger partial charge in [-0.2, -0.15) is 0 Å². The van der Waals surface area contributed by atoms with Crippen LogP contribution in [0.25, 0.3) is 0 Å².